The minimum Gasteiger partial charge on any atom is -0.473 e. The highest BCUT2D eigenvalue weighted by Crippen LogP contribution is 2.41. The van der Waals surface area contributed by atoms with E-state index in [0.717, 1.165) is 54.3 Å². The van der Waals surface area contributed by atoms with Gasteiger partial charge in [-0.15, -0.1) is 0 Å². The van der Waals surface area contributed by atoms with Gasteiger partial charge in [-0.3, -0.25) is 0 Å². The lowest BCUT2D eigenvalue weighted by molar-refractivity contribution is -0.159. The van der Waals surface area contributed by atoms with Crippen LogP contribution in [0.15, 0.2) is 10.7 Å². The van der Waals surface area contributed by atoms with Crippen LogP contribution in [0.25, 0.3) is 11.0 Å². The van der Waals surface area contributed by atoms with E-state index in [1.165, 1.54) is 16.6 Å². The van der Waals surface area contributed by atoms with Gasteiger partial charge >= 0.3 is 11.9 Å². The molecule has 0 radical (unpaired) electrons. The van der Waals surface area contributed by atoms with Crippen LogP contribution in [0.3, 0.4) is 0 Å². The molecule has 0 aliphatic carbocycles. The lowest BCUT2D eigenvalue weighted by Gasteiger charge is -2.31. The van der Waals surface area contributed by atoms with Crippen LogP contribution in [0.5, 0.6) is 0 Å². The Bertz CT molecular complexity index is 813. The topological polar surface area (TPSA) is 103 Å². The normalized spacial score (nSPS) is 14.1. The van der Waals surface area contributed by atoms with E-state index in [-0.39, 0.29) is 0 Å². The van der Waals surface area contributed by atoms with Crippen molar-refractivity contribution in [3.05, 3.63) is 28.0 Å². The zero-order valence-electron chi connectivity index (χ0n) is 15.1. The van der Waals surface area contributed by atoms with Crippen LogP contribution in [-0.2, 0) is 16.0 Å². The summed E-state index contributed by atoms with van der Waals surface area (Å²) >= 11 is 6.58. The van der Waals surface area contributed by atoms with Crippen molar-refractivity contribution in [3.63, 3.8) is 0 Å². The third-order valence-electron chi connectivity index (χ3n) is 4.47. The average molecular weight is 383 g/mol. The minimum atomic E-state index is -1.82. The van der Waals surface area contributed by atoms with E-state index in [9.17, 15) is 0 Å². The Morgan fingerprint density at radius 3 is 2.27 bits per heavy atom. The number of nitrogens with one attached hydrogen (secondary N) is 1. The summed E-state index contributed by atoms with van der Waals surface area (Å²) in [6.07, 6.45) is 2.85. The molecule has 7 nitrogen and oxygen atoms in total. The highest BCUT2D eigenvalue weighted by molar-refractivity contribution is 6.34. The number of carboxylic acid groups (broad SMARTS) is 2. The Labute approximate surface area is 156 Å². The van der Waals surface area contributed by atoms with E-state index in [1.807, 2.05) is 6.26 Å². The number of carboxylic acids is 2. The summed E-state index contributed by atoms with van der Waals surface area (Å²) in [5.41, 5.74) is 5.70. The van der Waals surface area contributed by atoms with Crippen LogP contribution in [0.1, 0.15) is 23.6 Å². The lowest BCUT2D eigenvalue weighted by Crippen LogP contribution is -2.43. The molecular weight excluding hydrogens is 360 g/mol. The molecule has 0 saturated carbocycles. The molecule has 1 fully saturated rings. The van der Waals surface area contributed by atoms with Crippen molar-refractivity contribution in [1.82, 2.24) is 5.32 Å². The van der Waals surface area contributed by atoms with E-state index in [1.54, 1.807) is 0 Å². The molecule has 0 unspecified atom stereocenters. The Morgan fingerprint density at radius 2 is 1.77 bits per heavy atom. The molecule has 0 bridgehead atoms. The lowest BCUT2D eigenvalue weighted by atomic mass is 10.0. The molecule has 0 spiro atoms. The largest absolute Gasteiger partial charge is 0.473 e. The molecule has 1 saturated heterocycles. The standard InChI is InChI=1S/C16H21ClN2O.C2H2O4/c1-4-12-9-20-16-13(12)10(2)14(17)11(3)15(16)19-7-5-18-6-8-19;3-1(4)2(5)6/h9,18H,4-8H2,1-3H3;(H,3,4)(H,5,6). The molecule has 0 amide bonds. The molecule has 2 aromatic rings. The van der Waals surface area contributed by atoms with Crippen molar-refractivity contribution in [2.24, 2.45) is 0 Å². The average Bonchev–Trinajstić information content (AvgIpc) is 3.05. The summed E-state index contributed by atoms with van der Waals surface area (Å²) in [5, 5.41) is 20.3. The zero-order chi connectivity index (χ0) is 19.4. The van der Waals surface area contributed by atoms with Crippen molar-refractivity contribution in [2.75, 3.05) is 31.1 Å². The monoisotopic (exact) mass is 382 g/mol. The number of aryl methyl sites for hydroxylation is 2. The van der Waals surface area contributed by atoms with Crippen molar-refractivity contribution < 1.29 is 24.2 Å². The number of furan rings is 1. The summed E-state index contributed by atoms with van der Waals surface area (Å²) in [6, 6.07) is 0. The van der Waals surface area contributed by atoms with Gasteiger partial charge in [-0.1, -0.05) is 18.5 Å². The predicted molar refractivity (Wildman–Crippen MR) is 100 cm³/mol. The second-order valence-corrected chi connectivity index (χ2v) is 6.46. The van der Waals surface area contributed by atoms with Crippen molar-refractivity contribution in [2.45, 2.75) is 27.2 Å². The first-order valence-electron chi connectivity index (χ1n) is 8.40. The number of benzene rings is 1. The van der Waals surface area contributed by atoms with Crippen LogP contribution >= 0.6 is 11.6 Å². The molecule has 0 atom stereocenters. The van der Waals surface area contributed by atoms with Crippen LogP contribution in [-0.4, -0.2) is 48.3 Å². The van der Waals surface area contributed by atoms with Gasteiger partial charge in [-0.2, -0.15) is 0 Å². The summed E-state index contributed by atoms with van der Waals surface area (Å²) in [7, 11) is 0. The molecule has 3 N–H and O–H groups in total. The molecule has 1 aromatic carbocycles. The molecule has 26 heavy (non-hydrogen) atoms. The second kappa shape index (κ2) is 8.42. The first-order chi connectivity index (χ1) is 12.3. The third-order valence-corrected chi connectivity index (χ3v) is 5.03. The molecule has 1 aliphatic rings. The summed E-state index contributed by atoms with van der Waals surface area (Å²) in [6.45, 7) is 10.4. The number of carbonyl (C=O) groups is 2. The fourth-order valence-corrected chi connectivity index (χ4v) is 3.36. The van der Waals surface area contributed by atoms with E-state index >= 15 is 0 Å². The maximum absolute atomic E-state index is 9.10. The van der Waals surface area contributed by atoms with Gasteiger partial charge in [-0.25, -0.2) is 9.59 Å². The van der Waals surface area contributed by atoms with Gasteiger partial charge in [0.15, 0.2) is 5.58 Å². The smallest absolute Gasteiger partial charge is 0.414 e. The fraction of sp³-hybridized carbons (Fsp3) is 0.444. The number of hydrogen-bond donors (Lipinski definition) is 3. The third kappa shape index (κ3) is 3.94. The molecule has 1 aliphatic heterocycles. The number of fused-ring (bicyclic) bond motifs is 1. The van der Waals surface area contributed by atoms with Crippen molar-refractivity contribution in [1.29, 1.82) is 0 Å². The molecule has 8 heteroatoms. The minimum absolute atomic E-state index is 0.877. The van der Waals surface area contributed by atoms with Gasteiger partial charge < -0.3 is 24.8 Å². The van der Waals surface area contributed by atoms with Gasteiger partial charge in [0.25, 0.3) is 0 Å². The van der Waals surface area contributed by atoms with E-state index < -0.39 is 11.9 Å². The number of rotatable bonds is 2. The van der Waals surface area contributed by atoms with E-state index in [4.69, 9.17) is 35.8 Å². The Kier molecular flexibility index (Phi) is 6.50. The highest BCUT2D eigenvalue weighted by Gasteiger charge is 2.23. The van der Waals surface area contributed by atoms with E-state index in [0.29, 0.717) is 0 Å². The Morgan fingerprint density at radius 1 is 1.19 bits per heavy atom. The summed E-state index contributed by atoms with van der Waals surface area (Å²) < 4.78 is 5.92. The first kappa shape index (κ1) is 20.1. The molecule has 1 aromatic heterocycles. The fourth-order valence-electron chi connectivity index (χ4n) is 3.17. The number of nitrogens with zero attached hydrogens (tertiary/aromatic N) is 1. The summed E-state index contributed by atoms with van der Waals surface area (Å²) in [5.74, 6) is -3.65. The van der Waals surface area contributed by atoms with Crippen LogP contribution in [0.4, 0.5) is 5.69 Å². The number of anilines is 1. The Balaban J connectivity index is 0.000000352. The number of halogens is 1. The van der Waals surface area contributed by atoms with Crippen molar-refractivity contribution >= 4 is 40.2 Å². The van der Waals surface area contributed by atoms with Crippen LogP contribution < -0.4 is 10.2 Å². The molecule has 142 valence electrons. The maximum Gasteiger partial charge on any atom is 0.414 e. The second-order valence-electron chi connectivity index (χ2n) is 6.08. The first-order valence-corrected chi connectivity index (χ1v) is 8.77. The Hall–Kier alpha value is -2.25. The summed E-state index contributed by atoms with van der Waals surface area (Å²) in [4.78, 5) is 20.6. The van der Waals surface area contributed by atoms with Gasteiger partial charge in [-0.05, 0) is 37.0 Å². The number of hydrogen-bond acceptors (Lipinski definition) is 5. The van der Waals surface area contributed by atoms with Crippen LogP contribution in [0.2, 0.25) is 5.02 Å². The maximum atomic E-state index is 9.10. The highest BCUT2D eigenvalue weighted by atomic mass is 35.5. The molecule has 2 heterocycles. The van der Waals surface area contributed by atoms with Gasteiger partial charge in [0.05, 0.1) is 12.0 Å². The van der Waals surface area contributed by atoms with Gasteiger partial charge in [0.2, 0.25) is 0 Å². The zero-order valence-corrected chi connectivity index (χ0v) is 15.8. The quantitative estimate of drug-likeness (QED) is 0.686. The number of aliphatic carboxylic acids is 2. The van der Waals surface area contributed by atoms with Gasteiger partial charge in [0.1, 0.15) is 0 Å². The van der Waals surface area contributed by atoms with E-state index in [2.05, 4.69) is 31.0 Å². The van der Waals surface area contributed by atoms with Crippen molar-refractivity contribution in [3.8, 4) is 0 Å². The molecule has 3 rings (SSSR count). The number of piperazine rings is 1. The molecular formula is C18H23ClN2O5. The predicted octanol–water partition coefficient (Wildman–Crippen LogP) is 2.83. The van der Waals surface area contributed by atoms with Crippen LogP contribution in [0, 0.1) is 13.8 Å². The SMILES string of the molecule is CCc1coc2c(N3CCNCC3)c(C)c(Cl)c(C)c12.O=C(O)C(=O)O. The van der Waals surface area contributed by atoms with Gasteiger partial charge in [0, 0.05) is 36.6 Å².